The van der Waals surface area contributed by atoms with Crippen molar-refractivity contribution in [3.05, 3.63) is 18.0 Å². The van der Waals surface area contributed by atoms with E-state index in [2.05, 4.69) is 29.5 Å². The number of nitrogens with two attached hydrogens (primary N) is 1. The lowest BCUT2D eigenvalue weighted by Crippen LogP contribution is -2.36. The summed E-state index contributed by atoms with van der Waals surface area (Å²) in [5.74, 6) is -0.346. The van der Waals surface area contributed by atoms with Crippen LogP contribution in [0, 0.1) is 0 Å². The molecular formula is C14H27N3O3Si. The van der Waals surface area contributed by atoms with Gasteiger partial charge < -0.3 is 15.2 Å². The highest BCUT2D eigenvalue weighted by atomic mass is 28.3. The molecule has 0 aliphatic rings. The molecule has 6 nitrogen and oxygen atoms in total. The van der Waals surface area contributed by atoms with Gasteiger partial charge in [-0.3, -0.25) is 4.79 Å². The van der Waals surface area contributed by atoms with Crippen molar-refractivity contribution in [1.82, 2.24) is 9.78 Å². The number of nitrogens with zero attached hydrogens (tertiary/aromatic N) is 2. The van der Waals surface area contributed by atoms with Gasteiger partial charge in [0.15, 0.2) is 0 Å². The van der Waals surface area contributed by atoms with E-state index in [1.165, 1.54) is 7.11 Å². The molecule has 1 rings (SSSR count). The predicted molar refractivity (Wildman–Crippen MR) is 84.5 cm³/mol. The van der Waals surface area contributed by atoms with Crippen LogP contribution in [0.15, 0.2) is 12.3 Å². The zero-order valence-corrected chi connectivity index (χ0v) is 14.7. The highest BCUT2D eigenvalue weighted by molar-refractivity contribution is 6.76. The Morgan fingerprint density at radius 2 is 2.14 bits per heavy atom. The van der Waals surface area contributed by atoms with Crippen molar-refractivity contribution in [3.63, 3.8) is 0 Å². The minimum absolute atomic E-state index is 0.0942. The molecule has 0 spiro atoms. The second-order valence-corrected chi connectivity index (χ2v) is 12.4. The van der Waals surface area contributed by atoms with Gasteiger partial charge in [-0.05, 0) is 19.0 Å². The molecule has 0 amide bonds. The Balaban J connectivity index is 2.51. The molecule has 1 unspecified atom stereocenters. The fourth-order valence-corrected chi connectivity index (χ4v) is 2.49. The van der Waals surface area contributed by atoms with Crippen LogP contribution in [0.5, 0.6) is 0 Å². The highest BCUT2D eigenvalue weighted by Gasteiger charge is 2.28. The van der Waals surface area contributed by atoms with E-state index in [9.17, 15) is 4.79 Å². The van der Waals surface area contributed by atoms with E-state index in [4.69, 9.17) is 10.5 Å². The van der Waals surface area contributed by atoms with Gasteiger partial charge in [0, 0.05) is 20.9 Å². The molecular weight excluding hydrogens is 286 g/mol. The van der Waals surface area contributed by atoms with Crippen LogP contribution in [0.25, 0.3) is 0 Å². The normalized spacial score (nSPS) is 14.8. The maximum absolute atomic E-state index is 11.4. The maximum Gasteiger partial charge on any atom is 0.307 e. The van der Waals surface area contributed by atoms with Crippen LogP contribution in [0.1, 0.15) is 19.0 Å². The van der Waals surface area contributed by atoms with Crippen LogP contribution in [-0.2, 0) is 26.5 Å². The minimum Gasteiger partial charge on any atom is -0.469 e. The van der Waals surface area contributed by atoms with Gasteiger partial charge in [0.2, 0.25) is 0 Å². The van der Waals surface area contributed by atoms with Gasteiger partial charge in [0.25, 0.3) is 0 Å². The first kappa shape index (κ1) is 17.9. The number of aromatic nitrogens is 2. The van der Waals surface area contributed by atoms with Crippen molar-refractivity contribution in [3.8, 4) is 0 Å². The Hall–Kier alpha value is -1.18. The smallest absolute Gasteiger partial charge is 0.307 e. The van der Waals surface area contributed by atoms with E-state index < -0.39 is 13.6 Å². The van der Waals surface area contributed by atoms with E-state index in [0.717, 1.165) is 12.7 Å². The lowest BCUT2D eigenvalue weighted by molar-refractivity contribution is -0.142. The van der Waals surface area contributed by atoms with E-state index in [-0.39, 0.29) is 12.4 Å². The number of rotatable bonds is 8. The number of hydrogen-bond acceptors (Lipinski definition) is 5. The quantitative estimate of drug-likeness (QED) is 0.451. The Morgan fingerprint density at radius 3 is 2.71 bits per heavy atom. The van der Waals surface area contributed by atoms with Gasteiger partial charge in [-0.25, -0.2) is 4.68 Å². The van der Waals surface area contributed by atoms with E-state index >= 15 is 0 Å². The first-order valence-electron chi connectivity index (χ1n) is 7.11. The summed E-state index contributed by atoms with van der Waals surface area (Å²) in [7, 11) is 0.282. The highest BCUT2D eigenvalue weighted by Crippen LogP contribution is 2.20. The molecule has 0 bridgehead atoms. The zero-order valence-electron chi connectivity index (χ0n) is 13.7. The van der Waals surface area contributed by atoms with Crippen molar-refractivity contribution in [2.45, 2.75) is 51.3 Å². The van der Waals surface area contributed by atoms with Crippen molar-refractivity contribution in [1.29, 1.82) is 0 Å². The van der Waals surface area contributed by atoms with Gasteiger partial charge in [0.1, 0.15) is 6.73 Å². The molecule has 0 saturated carbocycles. The summed E-state index contributed by atoms with van der Waals surface area (Å²) in [6, 6.07) is 2.93. The summed E-state index contributed by atoms with van der Waals surface area (Å²) >= 11 is 0. The summed E-state index contributed by atoms with van der Waals surface area (Å²) in [5.41, 5.74) is 5.95. The first-order chi connectivity index (χ1) is 9.64. The number of carbonyl (C=O) groups is 1. The van der Waals surface area contributed by atoms with Crippen molar-refractivity contribution >= 4 is 14.0 Å². The molecule has 1 heterocycles. The molecule has 0 aliphatic carbocycles. The van der Waals surface area contributed by atoms with Gasteiger partial charge in [-0.1, -0.05) is 19.6 Å². The number of ether oxygens (including phenoxy) is 2. The summed E-state index contributed by atoms with van der Waals surface area (Å²) in [6.07, 6.45) is 1.91. The third-order valence-corrected chi connectivity index (χ3v) is 4.89. The number of methoxy groups -OCH3 is 1. The summed E-state index contributed by atoms with van der Waals surface area (Å²) in [5, 5.41) is 4.37. The molecule has 0 aromatic carbocycles. The van der Waals surface area contributed by atoms with E-state index in [1.807, 2.05) is 12.3 Å². The van der Waals surface area contributed by atoms with Crippen LogP contribution in [-0.4, -0.2) is 37.5 Å². The average Bonchev–Trinajstić information content (AvgIpc) is 2.82. The topological polar surface area (TPSA) is 79.4 Å². The number of hydrogen-bond donors (Lipinski definition) is 1. The third kappa shape index (κ3) is 6.41. The standard InChI is InChI=1S/C14H27N3O3Si/c1-14(15,10-13(18)19-2)12-6-7-17(16-12)11-20-8-9-21(3,4)5/h6-7H,8-11,15H2,1-5H3. The molecule has 0 radical (unpaired) electrons. The average molecular weight is 313 g/mol. The first-order valence-corrected chi connectivity index (χ1v) is 10.8. The van der Waals surface area contributed by atoms with Crippen molar-refractivity contribution < 1.29 is 14.3 Å². The predicted octanol–water partition coefficient (Wildman–Crippen LogP) is 1.93. The minimum atomic E-state index is -1.07. The third-order valence-electron chi connectivity index (χ3n) is 3.18. The summed E-state index contributed by atoms with van der Waals surface area (Å²) in [4.78, 5) is 11.4. The Labute approximate surface area is 127 Å². The summed E-state index contributed by atoms with van der Waals surface area (Å²) in [6.45, 7) is 9.85. The fourth-order valence-electron chi connectivity index (χ4n) is 1.74. The second kappa shape index (κ2) is 7.19. The van der Waals surface area contributed by atoms with Gasteiger partial charge in [-0.2, -0.15) is 5.10 Å². The zero-order chi connectivity index (χ0) is 16.1. The molecule has 0 fully saturated rings. The molecule has 2 N–H and O–H groups in total. The molecule has 7 heteroatoms. The fraction of sp³-hybridized carbons (Fsp3) is 0.714. The van der Waals surface area contributed by atoms with Crippen molar-refractivity contribution in [2.75, 3.05) is 13.7 Å². The van der Waals surface area contributed by atoms with Crippen LogP contribution < -0.4 is 5.73 Å². The molecule has 21 heavy (non-hydrogen) atoms. The molecule has 1 aromatic heterocycles. The van der Waals surface area contributed by atoms with E-state index in [1.54, 1.807) is 11.6 Å². The SMILES string of the molecule is COC(=O)CC(C)(N)c1ccn(COCC[Si](C)(C)C)n1. The maximum atomic E-state index is 11.4. The Bertz CT molecular complexity index is 466. The second-order valence-electron chi connectivity index (χ2n) is 6.76. The largest absolute Gasteiger partial charge is 0.469 e. The Kier molecular flexibility index (Phi) is 6.12. The van der Waals surface area contributed by atoms with Gasteiger partial charge in [-0.15, -0.1) is 0 Å². The van der Waals surface area contributed by atoms with Crippen LogP contribution in [0.4, 0.5) is 0 Å². The van der Waals surface area contributed by atoms with Crippen LogP contribution in [0.2, 0.25) is 25.7 Å². The molecule has 0 saturated heterocycles. The molecule has 1 aromatic rings. The van der Waals surface area contributed by atoms with Crippen LogP contribution in [0.3, 0.4) is 0 Å². The molecule has 1 atom stereocenters. The van der Waals surface area contributed by atoms with Crippen molar-refractivity contribution in [2.24, 2.45) is 5.73 Å². The van der Waals surface area contributed by atoms with Gasteiger partial charge in [0.05, 0.1) is 24.8 Å². The Morgan fingerprint density at radius 1 is 1.48 bits per heavy atom. The van der Waals surface area contributed by atoms with Crippen LogP contribution >= 0.6 is 0 Å². The molecule has 0 aliphatic heterocycles. The van der Waals surface area contributed by atoms with Gasteiger partial charge >= 0.3 is 5.97 Å². The summed E-state index contributed by atoms with van der Waals surface area (Å²) < 4.78 is 12.0. The lowest BCUT2D eigenvalue weighted by Gasteiger charge is -2.20. The number of esters is 1. The molecule has 120 valence electrons. The van der Waals surface area contributed by atoms with E-state index in [0.29, 0.717) is 12.4 Å². The number of carbonyl (C=O) groups excluding carboxylic acids is 1. The lowest BCUT2D eigenvalue weighted by atomic mass is 9.95. The monoisotopic (exact) mass is 313 g/mol.